The Balaban J connectivity index is 2.55. The average molecular weight is 309 g/mol. The number of ether oxygens (including phenoxy) is 1. The number of rotatable bonds is 5. The van der Waals surface area contributed by atoms with Crippen molar-refractivity contribution in [1.82, 2.24) is 9.78 Å². The Morgan fingerprint density at radius 3 is 2.62 bits per heavy atom. The minimum atomic E-state index is -1.29. The number of hydrogen-bond donors (Lipinski definition) is 1. The van der Waals surface area contributed by atoms with Gasteiger partial charge in [0.05, 0.1) is 18.8 Å². The number of aromatic carboxylic acids is 1. The molecule has 0 bridgehead atoms. The van der Waals surface area contributed by atoms with Crippen molar-refractivity contribution in [2.45, 2.75) is 6.54 Å². The number of hydrogen-bond acceptors (Lipinski definition) is 4. The van der Waals surface area contributed by atoms with Crippen LogP contribution in [0.1, 0.15) is 10.4 Å². The summed E-state index contributed by atoms with van der Waals surface area (Å²) in [6.07, 6.45) is 0. The molecule has 110 valence electrons. The third-order valence-electron chi connectivity index (χ3n) is 2.85. The molecule has 1 N–H and O–H groups in total. The first kappa shape index (κ1) is 15.2. The van der Waals surface area contributed by atoms with Crippen LogP contribution in [0.5, 0.6) is 0 Å². The van der Waals surface area contributed by atoms with E-state index in [9.17, 15) is 9.59 Å². The predicted octanol–water partition coefficient (Wildman–Crippen LogP) is 1.91. The van der Waals surface area contributed by atoms with Gasteiger partial charge >= 0.3 is 5.97 Å². The Kier molecular flexibility index (Phi) is 4.72. The van der Waals surface area contributed by atoms with Gasteiger partial charge in [-0.1, -0.05) is 23.7 Å². The monoisotopic (exact) mass is 308 g/mol. The van der Waals surface area contributed by atoms with Crippen LogP contribution in [0.2, 0.25) is 5.02 Å². The van der Waals surface area contributed by atoms with Gasteiger partial charge in [-0.3, -0.25) is 4.79 Å². The summed E-state index contributed by atoms with van der Waals surface area (Å²) in [6, 6.07) is 8.02. The van der Waals surface area contributed by atoms with E-state index in [1.807, 2.05) is 0 Å². The van der Waals surface area contributed by atoms with E-state index in [1.165, 1.54) is 13.2 Å². The quantitative estimate of drug-likeness (QED) is 0.912. The average Bonchev–Trinajstić information content (AvgIpc) is 2.47. The van der Waals surface area contributed by atoms with Crippen LogP contribution in [0.3, 0.4) is 0 Å². The fourth-order valence-electron chi connectivity index (χ4n) is 1.79. The molecule has 0 amide bonds. The van der Waals surface area contributed by atoms with Crippen LogP contribution in [-0.2, 0) is 11.3 Å². The van der Waals surface area contributed by atoms with Gasteiger partial charge in [-0.05, 0) is 18.2 Å². The molecule has 7 heteroatoms. The molecule has 1 aromatic carbocycles. The molecule has 0 unspecified atom stereocenters. The molecule has 0 fully saturated rings. The Morgan fingerprint density at radius 1 is 1.38 bits per heavy atom. The largest absolute Gasteiger partial charge is 0.477 e. The number of nitrogens with zero attached hydrogens (tertiary/aromatic N) is 2. The zero-order valence-corrected chi connectivity index (χ0v) is 12.0. The molecule has 0 spiro atoms. The summed E-state index contributed by atoms with van der Waals surface area (Å²) in [5.74, 6) is -1.29. The van der Waals surface area contributed by atoms with Crippen molar-refractivity contribution in [1.29, 1.82) is 0 Å². The summed E-state index contributed by atoms with van der Waals surface area (Å²) in [6.45, 7) is 0.438. The smallest absolute Gasteiger partial charge is 0.341 e. The van der Waals surface area contributed by atoms with E-state index >= 15 is 0 Å². The lowest BCUT2D eigenvalue weighted by Gasteiger charge is -2.09. The zero-order chi connectivity index (χ0) is 15.4. The lowest BCUT2D eigenvalue weighted by molar-refractivity contribution is 0.0693. The van der Waals surface area contributed by atoms with Crippen LogP contribution in [0, 0.1) is 0 Å². The highest BCUT2D eigenvalue weighted by molar-refractivity contribution is 6.30. The van der Waals surface area contributed by atoms with Gasteiger partial charge in [-0.15, -0.1) is 0 Å². The topological polar surface area (TPSA) is 81.4 Å². The Hall–Kier alpha value is -2.18. The molecule has 0 aliphatic carbocycles. The molecule has 2 aromatic rings. The second-order valence-corrected chi connectivity index (χ2v) is 4.71. The van der Waals surface area contributed by atoms with Gasteiger partial charge in [0.1, 0.15) is 5.56 Å². The number of carbonyl (C=O) groups is 1. The number of carboxylic acid groups (broad SMARTS) is 1. The van der Waals surface area contributed by atoms with Crippen LogP contribution in [-0.4, -0.2) is 34.6 Å². The molecule has 0 aliphatic heterocycles. The van der Waals surface area contributed by atoms with E-state index in [-0.39, 0.29) is 18.7 Å². The second kappa shape index (κ2) is 6.51. The van der Waals surface area contributed by atoms with Crippen LogP contribution < -0.4 is 5.56 Å². The third-order valence-corrected chi connectivity index (χ3v) is 3.10. The van der Waals surface area contributed by atoms with E-state index in [1.54, 1.807) is 24.3 Å². The van der Waals surface area contributed by atoms with Crippen molar-refractivity contribution >= 4 is 17.6 Å². The van der Waals surface area contributed by atoms with Crippen LogP contribution in [0.25, 0.3) is 11.3 Å². The number of carboxylic acids is 1. The van der Waals surface area contributed by atoms with E-state index in [0.29, 0.717) is 16.3 Å². The first-order valence-corrected chi connectivity index (χ1v) is 6.51. The highest BCUT2D eigenvalue weighted by Gasteiger charge is 2.15. The standard InChI is InChI=1S/C14H13ClN2O4/c1-21-7-6-17-13(18)11(14(19)20)8-12(16-17)9-2-4-10(15)5-3-9/h2-5,8H,6-7H2,1H3,(H,19,20). The predicted molar refractivity (Wildman–Crippen MR) is 77.8 cm³/mol. The summed E-state index contributed by atoms with van der Waals surface area (Å²) in [5, 5.41) is 13.9. The van der Waals surface area contributed by atoms with Crippen molar-refractivity contribution in [3.8, 4) is 11.3 Å². The number of aromatic nitrogens is 2. The molecule has 6 nitrogen and oxygen atoms in total. The Labute approximate surface area is 125 Å². The number of methoxy groups -OCH3 is 1. The van der Waals surface area contributed by atoms with Gasteiger partial charge < -0.3 is 9.84 Å². The fourth-order valence-corrected chi connectivity index (χ4v) is 1.91. The van der Waals surface area contributed by atoms with Gasteiger partial charge in [0.15, 0.2) is 0 Å². The van der Waals surface area contributed by atoms with Gasteiger partial charge in [-0.25, -0.2) is 9.48 Å². The van der Waals surface area contributed by atoms with Crippen LogP contribution in [0.4, 0.5) is 0 Å². The molecule has 1 aromatic heterocycles. The first-order valence-electron chi connectivity index (χ1n) is 6.13. The Morgan fingerprint density at radius 2 is 2.05 bits per heavy atom. The van der Waals surface area contributed by atoms with Crippen molar-refractivity contribution in [3.05, 3.63) is 51.3 Å². The number of benzene rings is 1. The molecule has 0 aliphatic rings. The van der Waals surface area contributed by atoms with Crippen LogP contribution in [0.15, 0.2) is 35.1 Å². The third kappa shape index (κ3) is 3.48. The molecule has 1 heterocycles. The van der Waals surface area contributed by atoms with Gasteiger partial charge in [0.2, 0.25) is 0 Å². The van der Waals surface area contributed by atoms with Crippen molar-refractivity contribution < 1.29 is 14.6 Å². The van der Waals surface area contributed by atoms with E-state index in [2.05, 4.69) is 5.10 Å². The first-order chi connectivity index (χ1) is 10.0. The molecular formula is C14H13ClN2O4. The summed E-state index contributed by atoms with van der Waals surface area (Å²) in [5.41, 5.74) is 0.0798. The van der Waals surface area contributed by atoms with Crippen LogP contribution >= 0.6 is 11.6 Å². The minimum absolute atomic E-state index is 0.178. The van der Waals surface area contributed by atoms with Gasteiger partial charge in [0.25, 0.3) is 5.56 Å². The zero-order valence-electron chi connectivity index (χ0n) is 11.2. The molecular weight excluding hydrogens is 296 g/mol. The molecule has 0 saturated carbocycles. The molecule has 2 rings (SSSR count). The van der Waals surface area contributed by atoms with E-state index in [4.69, 9.17) is 21.4 Å². The van der Waals surface area contributed by atoms with Crippen molar-refractivity contribution in [2.24, 2.45) is 0 Å². The molecule has 0 radical (unpaired) electrons. The maximum Gasteiger partial charge on any atom is 0.341 e. The second-order valence-electron chi connectivity index (χ2n) is 4.28. The van der Waals surface area contributed by atoms with Gasteiger partial charge in [-0.2, -0.15) is 5.10 Å². The Bertz CT molecular complexity index is 710. The molecule has 0 saturated heterocycles. The maximum absolute atomic E-state index is 12.0. The minimum Gasteiger partial charge on any atom is -0.477 e. The van der Waals surface area contributed by atoms with E-state index in [0.717, 1.165) is 4.68 Å². The maximum atomic E-state index is 12.0. The van der Waals surface area contributed by atoms with Gasteiger partial charge in [0, 0.05) is 17.7 Å². The molecule has 0 atom stereocenters. The summed E-state index contributed by atoms with van der Waals surface area (Å²) < 4.78 is 5.99. The summed E-state index contributed by atoms with van der Waals surface area (Å²) in [7, 11) is 1.49. The highest BCUT2D eigenvalue weighted by atomic mass is 35.5. The summed E-state index contributed by atoms with van der Waals surface area (Å²) >= 11 is 5.82. The van der Waals surface area contributed by atoms with E-state index < -0.39 is 11.5 Å². The normalized spacial score (nSPS) is 10.6. The highest BCUT2D eigenvalue weighted by Crippen LogP contribution is 2.19. The lowest BCUT2D eigenvalue weighted by atomic mass is 10.1. The van der Waals surface area contributed by atoms with Crippen molar-refractivity contribution in [3.63, 3.8) is 0 Å². The lowest BCUT2D eigenvalue weighted by Crippen LogP contribution is -2.30. The molecule has 21 heavy (non-hydrogen) atoms. The number of halogens is 1. The summed E-state index contributed by atoms with van der Waals surface area (Å²) in [4.78, 5) is 23.2. The SMILES string of the molecule is COCCn1nc(-c2ccc(Cl)cc2)cc(C(=O)O)c1=O. The fraction of sp³-hybridized carbons (Fsp3) is 0.214. The van der Waals surface area contributed by atoms with Crippen molar-refractivity contribution in [2.75, 3.05) is 13.7 Å².